The summed E-state index contributed by atoms with van der Waals surface area (Å²) in [6.07, 6.45) is 3.87. The third-order valence-corrected chi connectivity index (χ3v) is 3.76. The molecule has 1 atom stereocenters. The number of hydrogen-bond donors (Lipinski definition) is 1. The molecule has 0 saturated carbocycles. The first-order chi connectivity index (χ1) is 9.83. The van der Waals surface area contributed by atoms with Gasteiger partial charge >= 0.3 is 0 Å². The first-order valence-electron chi connectivity index (χ1n) is 7.10. The van der Waals surface area contributed by atoms with Crippen molar-refractivity contribution in [2.75, 3.05) is 19.6 Å². The van der Waals surface area contributed by atoms with E-state index in [2.05, 4.69) is 50.5 Å². The van der Waals surface area contributed by atoms with Crippen LogP contribution in [0.25, 0.3) is 0 Å². The van der Waals surface area contributed by atoms with Crippen LogP contribution in [0.2, 0.25) is 0 Å². The maximum Gasteiger partial charge on any atom is 0.125 e. The smallest absolute Gasteiger partial charge is 0.125 e. The van der Waals surface area contributed by atoms with Crippen LogP contribution in [0.3, 0.4) is 0 Å². The summed E-state index contributed by atoms with van der Waals surface area (Å²) >= 11 is 0. The summed E-state index contributed by atoms with van der Waals surface area (Å²) in [6, 6.07) is 11.1. The Labute approximate surface area is 119 Å². The van der Waals surface area contributed by atoms with Crippen molar-refractivity contribution in [2.24, 2.45) is 0 Å². The van der Waals surface area contributed by atoms with Crippen molar-refractivity contribution < 1.29 is 0 Å². The molecular formula is C16H20N4. The predicted molar refractivity (Wildman–Crippen MR) is 79.2 cm³/mol. The number of aromatic nitrogens is 2. The van der Waals surface area contributed by atoms with Crippen LogP contribution in [0, 0.1) is 6.92 Å². The molecule has 1 saturated heterocycles. The van der Waals surface area contributed by atoms with E-state index >= 15 is 0 Å². The highest BCUT2D eigenvalue weighted by Gasteiger charge is 2.23. The van der Waals surface area contributed by atoms with Gasteiger partial charge in [0, 0.05) is 50.2 Å². The van der Waals surface area contributed by atoms with Crippen LogP contribution in [0.4, 0.5) is 0 Å². The van der Waals surface area contributed by atoms with Gasteiger partial charge in [0.1, 0.15) is 5.82 Å². The lowest BCUT2D eigenvalue weighted by Crippen LogP contribution is -2.45. The first-order valence-corrected chi connectivity index (χ1v) is 7.10. The topological polar surface area (TPSA) is 41.1 Å². The second-order valence-corrected chi connectivity index (χ2v) is 5.24. The molecule has 0 bridgehead atoms. The summed E-state index contributed by atoms with van der Waals surface area (Å²) in [5, 5.41) is 3.49. The maximum atomic E-state index is 4.29. The van der Waals surface area contributed by atoms with Gasteiger partial charge in [-0.25, -0.2) is 9.97 Å². The van der Waals surface area contributed by atoms with Crippen LogP contribution in [0.1, 0.15) is 23.0 Å². The minimum absolute atomic E-state index is 0.422. The van der Waals surface area contributed by atoms with Crippen molar-refractivity contribution in [2.45, 2.75) is 19.5 Å². The largest absolute Gasteiger partial charge is 0.314 e. The van der Waals surface area contributed by atoms with Gasteiger partial charge in [-0.1, -0.05) is 30.3 Å². The molecule has 1 aromatic heterocycles. The van der Waals surface area contributed by atoms with Gasteiger partial charge in [0.05, 0.1) is 0 Å². The molecule has 0 amide bonds. The molecule has 3 rings (SSSR count). The van der Waals surface area contributed by atoms with Crippen molar-refractivity contribution in [1.29, 1.82) is 0 Å². The van der Waals surface area contributed by atoms with Crippen LogP contribution in [-0.4, -0.2) is 34.5 Å². The molecule has 4 nitrogen and oxygen atoms in total. The van der Waals surface area contributed by atoms with Crippen LogP contribution in [0.5, 0.6) is 0 Å². The summed E-state index contributed by atoms with van der Waals surface area (Å²) in [5.74, 6) is 0.827. The van der Waals surface area contributed by atoms with Gasteiger partial charge in [0.15, 0.2) is 0 Å². The number of benzene rings is 1. The predicted octanol–water partition coefficient (Wildman–Crippen LogP) is 1.93. The summed E-state index contributed by atoms with van der Waals surface area (Å²) in [5.41, 5.74) is 2.55. The highest BCUT2D eigenvalue weighted by molar-refractivity contribution is 5.20. The van der Waals surface area contributed by atoms with E-state index in [0.717, 1.165) is 32.0 Å². The molecule has 1 aliphatic rings. The fraction of sp³-hybridized carbons (Fsp3) is 0.375. The van der Waals surface area contributed by atoms with Gasteiger partial charge in [-0.2, -0.15) is 0 Å². The van der Waals surface area contributed by atoms with E-state index in [1.807, 2.05) is 19.3 Å². The van der Waals surface area contributed by atoms with Crippen molar-refractivity contribution in [3.8, 4) is 0 Å². The van der Waals surface area contributed by atoms with E-state index in [0.29, 0.717) is 6.04 Å². The Morgan fingerprint density at radius 1 is 1.20 bits per heavy atom. The molecule has 0 spiro atoms. The van der Waals surface area contributed by atoms with Gasteiger partial charge < -0.3 is 5.32 Å². The zero-order valence-electron chi connectivity index (χ0n) is 11.8. The molecule has 0 unspecified atom stereocenters. The summed E-state index contributed by atoms with van der Waals surface area (Å²) in [6.45, 7) is 5.91. The Hall–Kier alpha value is -1.78. The molecule has 0 aliphatic carbocycles. The van der Waals surface area contributed by atoms with Crippen molar-refractivity contribution in [1.82, 2.24) is 20.2 Å². The third kappa shape index (κ3) is 3.03. The SMILES string of the molecule is Cc1ncc(CN2CCNC[C@H]2c2ccccc2)cn1. The highest BCUT2D eigenvalue weighted by Crippen LogP contribution is 2.23. The Bertz CT molecular complexity index is 538. The summed E-state index contributed by atoms with van der Waals surface area (Å²) in [7, 11) is 0. The normalized spacial score (nSPS) is 19.9. The number of rotatable bonds is 3. The van der Waals surface area contributed by atoms with Gasteiger partial charge in [-0.15, -0.1) is 0 Å². The van der Waals surface area contributed by atoms with Crippen LogP contribution < -0.4 is 5.32 Å². The zero-order chi connectivity index (χ0) is 13.8. The molecule has 104 valence electrons. The van der Waals surface area contributed by atoms with Gasteiger partial charge in [-0.05, 0) is 12.5 Å². The number of piperazine rings is 1. The Kier molecular flexibility index (Phi) is 4.04. The molecule has 4 heteroatoms. The monoisotopic (exact) mass is 268 g/mol. The van der Waals surface area contributed by atoms with Crippen molar-refractivity contribution in [3.05, 3.63) is 59.7 Å². The Balaban J connectivity index is 1.77. The third-order valence-electron chi connectivity index (χ3n) is 3.76. The lowest BCUT2D eigenvalue weighted by molar-refractivity contribution is 0.153. The summed E-state index contributed by atoms with van der Waals surface area (Å²) < 4.78 is 0. The second-order valence-electron chi connectivity index (χ2n) is 5.24. The lowest BCUT2D eigenvalue weighted by Gasteiger charge is -2.36. The van der Waals surface area contributed by atoms with E-state index < -0.39 is 0 Å². The molecule has 2 aromatic rings. The molecule has 1 aliphatic heterocycles. The highest BCUT2D eigenvalue weighted by atomic mass is 15.2. The second kappa shape index (κ2) is 6.11. The van der Waals surface area contributed by atoms with E-state index in [1.54, 1.807) is 0 Å². The molecular weight excluding hydrogens is 248 g/mol. The minimum Gasteiger partial charge on any atom is -0.314 e. The number of hydrogen-bond acceptors (Lipinski definition) is 4. The lowest BCUT2D eigenvalue weighted by atomic mass is 10.0. The van der Waals surface area contributed by atoms with Crippen LogP contribution >= 0.6 is 0 Å². The van der Waals surface area contributed by atoms with E-state index in [9.17, 15) is 0 Å². The maximum absolute atomic E-state index is 4.29. The average molecular weight is 268 g/mol. The molecule has 2 heterocycles. The quantitative estimate of drug-likeness (QED) is 0.923. The minimum atomic E-state index is 0.422. The molecule has 0 radical (unpaired) electrons. The fourth-order valence-corrected chi connectivity index (χ4v) is 2.67. The Morgan fingerprint density at radius 3 is 2.70 bits per heavy atom. The fourth-order valence-electron chi connectivity index (χ4n) is 2.67. The molecule has 1 fully saturated rings. The Morgan fingerprint density at radius 2 is 1.95 bits per heavy atom. The van der Waals surface area contributed by atoms with Gasteiger partial charge in [0.25, 0.3) is 0 Å². The first kappa shape index (κ1) is 13.2. The average Bonchev–Trinajstić information content (AvgIpc) is 2.51. The van der Waals surface area contributed by atoms with E-state index in [1.165, 1.54) is 11.1 Å². The van der Waals surface area contributed by atoms with Crippen molar-refractivity contribution >= 4 is 0 Å². The van der Waals surface area contributed by atoms with Gasteiger partial charge in [-0.3, -0.25) is 4.90 Å². The molecule has 20 heavy (non-hydrogen) atoms. The number of nitrogens with zero attached hydrogens (tertiary/aromatic N) is 3. The van der Waals surface area contributed by atoms with Gasteiger partial charge in [0.2, 0.25) is 0 Å². The zero-order valence-corrected chi connectivity index (χ0v) is 11.8. The van der Waals surface area contributed by atoms with E-state index in [-0.39, 0.29) is 0 Å². The number of aryl methyl sites for hydroxylation is 1. The van der Waals surface area contributed by atoms with Crippen molar-refractivity contribution in [3.63, 3.8) is 0 Å². The standard InChI is InChI=1S/C16H20N4/c1-13-18-9-14(10-19-13)12-20-8-7-17-11-16(20)15-5-3-2-4-6-15/h2-6,9-10,16-17H,7-8,11-12H2,1H3/t16-/m0/s1. The molecule has 1 N–H and O–H groups in total. The van der Waals surface area contributed by atoms with E-state index in [4.69, 9.17) is 0 Å². The van der Waals surface area contributed by atoms with Crippen LogP contribution in [-0.2, 0) is 6.54 Å². The number of nitrogens with one attached hydrogen (secondary N) is 1. The van der Waals surface area contributed by atoms with Crippen LogP contribution in [0.15, 0.2) is 42.7 Å². The molecule has 1 aromatic carbocycles. The summed E-state index contributed by atoms with van der Waals surface area (Å²) in [4.78, 5) is 11.1.